The van der Waals surface area contributed by atoms with Crippen molar-refractivity contribution in [1.29, 1.82) is 0 Å². The molecular formula is C13H17N5O. The Bertz CT molecular complexity index is 538. The Morgan fingerprint density at radius 1 is 1.42 bits per heavy atom. The van der Waals surface area contributed by atoms with Crippen molar-refractivity contribution in [2.45, 2.75) is 32.7 Å². The minimum atomic E-state index is -0.105. The van der Waals surface area contributed by atoms with E-state index in [0.717, 1.165) is 12.8 Å². The number of amides is 1. The SMILES string of the molecule is CCC[C@@H](C)NC(=O)c1ccccc1-n1cnnn1. The van der Waals surface area contributed by atoms with Crippen molar-refractivity contribution in [3.63, 3.8) is 0 Å². The number of para-hydroxylation sites is 1. The fourth-order valence-electron chi connectivity index (χ4n) is 1.94. The summed E-state index contributed by atoms with van der Waals surface area (Å²) in [4.78, 5) is 12.3. The predicted molar refractivity (Wildman–Crippen MR) is 71.0 cm³/mol. The van der Waals surface area contributed by atoms with Gasteiger partial charge < -0.3 is 5.32 Å². The predicted octanol–water partition coefficient (Wildman–Crippen LogP) is 1.58. The van der Waals surface area contributed by atoms with Crippen molar-refractivity contribution in [1.82, 2.24) is 25.5 Å². The lowest BCUT2D eigenvalue weighted by Gasteiger charge is -2.14. The van der Waals surface area contributed by atoms with Crippen LogP contribution in [0.1, 0.15) is 37.0 Å². The summed E-state index contributed by atoms with van der Waals surface area (Å²) in [7, 11) is 0. The van der Waals surface area contributed by atoms with Gasteiger partial charge in [-0.25, -0.2) is 0 Å². The molecule has 1 N–H and O–H groups in total. The monoisotopic (exact) mass is 259 g/mol. The molecule has 1 aromatic carbocycles. The molecule has 100 valence electrons. The van der Waals surface area contributed by atoms with Crippen LogP contribution >= 0.6 is 0 Å². The molecule has 1 heterocycles. The number of hydrogen-bond acceptors (Lipinski definition) is 4. The van der Waals surface area contributed by atoms with Crippen LogP contribution in [0.25, 0.3) is 5.69 Å². The van der Waals surface area contributed by atoms with Crippen molar-refractivity contribution < 1.29 is 4.79 Å². The quantitative estimate of drug-likeness (QED) is 0.884. The number of nitrogens with zero attached hydrogens (tertiary/aromatic N) is 4. The van der Waals surface area contributed by atoms with E-state index in [9.17, 15) is 4.79 Å². The molecule has 1 atom stereocenters. The van der Waals surface area contributed by atoms with Gasteiger partial charge in [-0.15, -0.1) is 5.10 Å². The lowest BCUT2D eigenvalue weighted by molar-refractivity contribution is 0.0938. The molecule has 19 heavy (non-hydrogen) atoms. The number of rotatable bonds is 5. The van der Waals surface area contributed by atoms with E-state index in [4.69, 9.17) is 0 Å². The number of tetrazole rings is 1. The highest BCUT2D eigenvalue weighted by molar-refractivity contribution is 5.97. The fourth-order valence-corrected chi connectivity index (χ4v) is 1.94. The fraction of sp³-hybridized carbons (Fsp3) is 0.385. The average Bonchev–Trinajstić information content (AvgIpc) is 2.92. The molecule has 0 bridgehead atoms. The van der Waals surface area contributed by atoms with Crippen LogP contribution in [0, 0.1) is 0 Å². The molecule has 0 radical (unpaired) electrons. The average molecular weight is 259 g/mol. The van der Waals surface area contributed by atoms with Gasteiger partial charge in [0.2, 0.25) is 0 Å². The summed E-state index contributed by atoms with van der Waals surface area (Å²) in [6.07, 6.45) is 3.47. The molecule has 6 heteroatoms. The van der Waals surface area contributed by atoms with Crippen LogP contribution in [0.4, 0.5) is 0 Å². The highest BCUT2D eigenvalue weighted by Gasteiger charge is 2.14. The first-order chi connectivity index (χ1) is 9.22. The number of hydrogen-bond donors (Lipinski definition) is 1. The molecule has 0 aliphatic carbocycles. The smallest absolute Gasteiger partial charge is 0.253 e. The van der Waals surface area contributed by atoms with Crippen LogP contribution in [0.2, 0.25) is 0 Å². The number of aromatic nitrogens is 4. The Hall–Kier alpha value is -2.24. The van der Waals surface area contributed by atoms with Crippen LogP contribution in [0.5, 0.6) is 0 Å². The van der Waals surface area contributed by atoms with Crippen LogP contribution in [-0.2, 0) is 0 Å². The molecule has 0 fully saturated rings. The maximum atomic E-state index is 12.3. The third-order valence-corrected chi connectivity index (χ3v) is 2.84. The van der Waals surface area contributed by atoms with Gasteiger partial charge in [0.25, 0.3) is 5.91 Å². The third kappa shape index (κ3) is 3.15. The summed E-state index contributed by atoms with van der Waals surface area (Å²) in [6, 6.07) is 7.41. The Balaban J connectivity index is 2.23. The van der Waals surface area contributed by atoms with Crippen molar-refractivity contribution in [2.24, 2.45) is 0 Å². The largest absolute Gasteiger partial charge is 0.350 e. The van der Waals surface area contributed by atoms with E-state index in [1.165, 1.54) is 11.0 Å². The van der Waals surface area contributed by atoms with Gasteiger partial charge in [0.05, 0.1) is 11.3 Å². The number of carbonyl (C=O) groups excluding carboxylic acids is 1. The molecule has 0 aliphatic rings. The van der Waals surface area contributed by atoms with E-state index >= 15 is 0 Å². The van der Waals surface area contributed by atoms with Gasteiger partial charge in [0.1, 0.15) is 6.33 Å². The first-order valence-corrected chi connectivity index (χ1v) is 6.35. The second-order valence-corrected chi connectivity index (χ2v) is 4.43. The van der Waals surface area contributed by atoms with Gasteiger partial charge in [-0.05, 0) is 35.9 Å². The van der Waals surface area contributed by atoms with Crippen molar-refractivity contribution in [3.05, 3.63) is 36.2 Å². The van der Waals surface area contributed by atoms with Crippen LogP contribution < -0.4 is 5.32 Å². The second kappa shape index (κ2) is 6.08. The van der Waals surface area contributed by atoms with Gasteiger partial charge in [0.15, 0.2) is 0 Å². The molecule has 2 aromatic rings. The molecule has 0 unspecified atom stereocenters. The Morgan fingerprint density at radius 3 is 2.89 bits per heavy atom. The topological polar surface area (TPSA) is 72.7 Å². The summed E-state index contributed by atoms with van der Waals surface area (Å²) < 4.78 is 1.49. The zero-order valence-corrected chi connectivity index (χ0v) is 11.1. The molecule has 1 aromatic heterocycles. The summed E-state index contributed by atoms with van der Waals surface area (Å²) in [6.45, 7) is 4.10. The van der Waals surface area contributed by atoms with E-state index in [0.29, 0.717) is 11.3 Å². The van der Waals surface area contributed by atoms with Crippen molar-refractivity contribution >= 4 is 5.91 Å². The summed E-state index contributed by atoms with van der Waals surface area (Å²) in [5, 5.41) is 14.0. The molecule has 2 rings (SSSR count). The molecule has 0 saturated carbocycles. The molecule has 0 aliphatic heterocycles. The molecule has 0 saturated heterocycles. The Kier molecular flexibility index (Phi) is 4.22. The van der Waals surface area contributed by atoms with E-state index in [-0.39, 0.29) is 11.9 Å². The first-order valence-electron chi connectivity index (χ1n) is 6.35. The summed E-state index contributed by atoms with van der Waals surface area (Å²) in [5.41, 5.74) is 1.24. The summed E-state index contributed by atoms with van der Waals surface area (Å²) in [5.74, 6) is -0.105. The van der Waals surface area contributed by atoms with Crippen molar-refractivity contribution in [2.75, 3.05) is 0 Å². The van der Waals surface area contributed by atoms with E-state index < -0.39 is 0 Å². The van der Waals surface area contributed by atoms with Gasteiger partial charge in [-0.2, -0.15) is 4.68 Å². The Labute approximate surface area is 111 Å². The lowest BCUT2D eigenvalue weighted by atomic mass is 10.1. The summed E-state index contributed by atoms with van der Waals surface area (Å²) >= 11 is 0. The minimum absolute atomic E-state index is 0.105. The number of nitrogens with one attached hydrogen (secondary N) is 1. The molecule has 0 spiro atoms. The minimum Gasteiger partial charge on any atom is -0.350 e. The second-order valence-electron chi connectivity index (χ2n) is 4.43. The van der Waals surface area contributed by atoms with E-state index in [2.05, 4.69) is 27.8 Å². The first kappa shape index (κ1) is 13.2. The highest BCUT2D eigenvalue weighted by atomic mass is 16.1. The normalized spacial score (nSPS) is 12.1. The molecule has 1 amide bonds. The maximum Gasteiger partial charge on any atom is 0.253 e. The Morgan fingerprint density at radius 2 is 2.21 bits per heavy atom. The van der Waals surface area contributed by atoms with Gasteiger partial charge in [-0.1, -0.05) is 25.5 Å². The zero-order valence-electron chi connectivity index (χ0n) is 11.1. The highest BCUT2D eigenvalue weighted by Crippen LogP contribution is 2.13. The van der Waals surface area contributed by atoms with Crippen LogP contribution in [0.3, 0.4) is 0 Å². The van der Waals surface area contributed by atoms with Crippen molar-refractivity contribution in [3.8, 4) is 5.69 Å². The van der Waals surface area contributed by atoms with E-state index in [1.807, 2.05) is 25.1 Å². The number of benzene rings is 1. The molecule has 6 nitrogen and oxygen atoms in total. The zero-order chi connectivity index (χ0) is 13.7. The van der Waals surface area contributed by atoms with Crippen LogP contribution in [-0.4, -0.2) is 32.2 Å². The maximum absolute atomic E-state index is 12.3. The third-order valence-electron chi connectivity index (χ3n) is 2.84. The molecular weight excluding hydrogens is 242 g/mol. The van der Waals surface area contributed by atoms with Gasteiger partial charge >= 0.3 is 0 Å². The lowest BCUT2D eigenvalue weighted by Crippen LogP contribution is -2.33. The van der Waals surface area contributed by atoms with Crippen LogP contribution in [0.15, 0.2) is 30.6 Å². The van der Waals surface area contributed by atoms with Gasteiger partial charge in [-0.3, -0.25) is 4.79 Å². The standard InChI is InChI=1S/C13H17N5O/c1-3-6-10(2)15-13(19)11-7-4-5-8-12(11)18-9-14-16-17-18/h4-5,7-10H,3,6H2,1-2H3,(H,15,19)/t10-/m1/s1. The number of carbonyl (C=O) groups is 1. The van der Waals surface area contributed by atoms with Gasteiger partial charge in [0, 0.05) is 6.04 Å². The van der Waals surface area contributed by atoms with E-state index in [1.54, 1.807) is 6.07 Å².